The van der Waals surface area contributed by atoms with Crippen molar-refractivity contribution in [2.75, 3.05) is 34.4 Å². The average molecular weight is 779 g/mol. The van der Waals surface area contributed by atoms with Crippen LogP contribution >= 0.6 is 11.3 Å². The summed E-state index contributed by atoms with van der Waals surface area (Å²) in [7, 11) is 4.70. The number of likely N-dealkylation sites (tertiary alicyclic amines) is 1. The molecule has 4 amide bonds. The molecule has 7 atom stereocenters. The Morgan fingerprint density at radius 1 is 1.15 bits per heavy atom. The summed E-state index contributed by atoms with van der Waals surface area (Å²) in [5, 5.41) is 18.1. The molecular weight excluding hydrogens is 709 g/mol. The molecule has 54 heavy (non-hydrogen) atoms. The van der Waals surface area contributed by atoms with Gasteiger partial charge in [0.1, 0.15) is 11.0 Å². The van der Waals surface area contributed by atoms with Crippen LogP contribution in [0.15, 0.2) is 48.5 Å². The highest BCUT2D eigenvalue weighted by molar-refractivity contribution is 7.09. The predicted octanol–water partition coefficient (Wildman–Crippen LogP) is 4.62. The van der Waals surface area contributed by atoms with Crippen LogP contribution in [0.4, 0.5) is 0 Å². The number of aliphatic hydroxyl groups is 1. The molecule has 13 nitrogen and oxygen atoms in total. The first-order valence-electron chi connectivity index (χ1n) is 18.8. The minimum absolute atomic E-state index is 0.0244. The van der Waals surface area contributed by atoms with E-state index >= 15 is 0 Å². The van der Waals surface area contributed by atoms with Crippen LogP contribution in [0.25, 0.3) is 0 Å². The van der Waals surface area contributed by atoms with Gasteiger partial charge in [0.2, 0.25) is 23.6 Å². The fourth-order valence-electron chi connectivity index (χ4n) is 5.96. The lowest BCUT2D eigenvalue weighted by Gasteiger charge is -2.39. The van der Waals surface area contributed by atoms with Crippen molar-refractivity contribution in [1.29, 1.82) is 0 Å². The standard InChI is InChI=1S/C30H52N6O7S.C7H10.C3H8/c1-9-18(2)25(35(6)24(38)17-34-29(40)27(31)30(4,5)41)21(42-7)15-23(37)36-13-10-11-20(36)26(43-8)19(3)28(39)33-16-22-32-12-14-44-22;1-4-6-7(3)5-2;1-3-2/h12,14,18-21,25-27,41H,9-11,13,15-17,31H2,1-8H3,(H,33,39)(H,34,40);4-6H,1-2H2,3H3;3H2,1-2H3/b;7-6-;. The number of hydrogen-bond donors (Lipinski definition) is 4. The maximum Gasteiger partial charge on any atom is 0.242 e. The van der Waals surface area contributed by atoms with Crippen molar-refractivity contribution in [2.24, 2.45) is 17.6 Å². The van der Waals surface area contributed by atoms with Crippen molar-refractivity contribution < 1.29 is 33.8 Å². The summed E-state index contributed by atoms with van der Waals surface area (Å²) in [5.41, 5.74) is 5.50. The fraction of sp³-hybridized carbons (Fsp3) is 0.675. The van der Waals surface area contributed by atoms with Gasteiger partial charge in [-0.15, -0.1) is 11.3 Å². The summed E-state index contributed by atoms with van der Waals surface area (Å²) in [5.74, 6) is -1.87. The summed E-state index contributed by atoms with van der Waals surface area (Å²) in [6, 6.07) is -1.95. The number of aromatic nitrogens is 1. The normalized spacial score (nSPS) is 17.5. The van der Waals surface area contributed by atoms with Crippen LogP contribution in [0.5, 0.6) is 0 Å². The summed E-state index contributed by atoms with van der Waals surface area (Å²) < 4.78 is 11.7. The number of nitrogens with zero attached hydrogens (tertiary/aromatic N) is 3. The number of methoxy groups -OCH3 is 2. The smallest absolute Gasteiger partial charge is 0.242 e. The number of carbonyl (C=O) groups excluding carboxylic acids is 4. The summed E-state index contributed by atoms with van der Waals surface area (Å²) in [6.45, 7) is 22.5. The Hall–Kier alpha value is -3.43. The van der Waals surface area contributed by atoms with Crippen LogP contribution in [-0.2, 0) is 35.2 Å². The number of likely N-dealkylation sites (N-methyl/N-ethyl adjacent to an activating group) is 1. The lowest BCUT2D eigenvalue weighted by molar-refractivity contribution is -0.146. The first-order valence-corrected chi connectivity index (χ1v) is 19.7. The van der Waals surface area contributed by atoms with E-state index in [2.05, 4.69) is 42.6 Å². The van der Waals surface area contributed by atoms with Crippen LogP contribution in [0.2, 0.25) is 0 Å². The zero-order valence-corrected chi connectivity index (χ0v) is 35.5. The molecule has 308 valence electrons. The zero-order chi connectivity index (χ0) is 41.6. The van der Waals surface area contributed by atoms with Crippen LogP contribution in [0.3, 0.4) is 0 Å². The number of amides is 4. The number of nitrogens with two attached hydrogens (primary N) is 1. The number of allylic oxidation sites excluding steroid dienone is 4. The highest BCUT2D eigenvalue weighted by Crippen LogP contribution is 2.29. The summed E-state index contributed by atoms with van der Waals surface area (Å²) in [6.07, 6.45) is 9.48. The van der Waals surface area contributed by atoms with Crippen molar-refractivity contribution >= 4 is 35.0 Å². The molecule has 7 unspecified atom stereocenters. The molecule has 2 heterocycles. The largest absolute Gasteiger partial charge is 0.388 e. The monoisotopic (exact) mass is 779 g/mol. The molecule has 0 aromatic carbocycles. The third kappa shape index (κ3) is 16.9. The Labute approximate surface area is 328 Å². The van der Waals surface area contributed by atoms with Crippen LogP contribution in [0, 0.1) is 11.8 Å². The van der Waals surface area contributed by atoms with Crippen molar-refractivity contribution in [2.45, 2.75) is 130 Å². The minimum atomic E-state index is -1.45. The van der Waals surface area contributed by atoms with Gasteiger partial charge in [-0.25, -0.2) is 4.98 Å². The molecule has 0 aliphatic carbocycles. The van der Waals surface area contributed by atoms with Crippen molar-refractivity contribution in [1.82, 2.24) is 25.4 Å². The number of carbonyl (C=O) groups is 4. The van der Waals surface area contributed by atoms with E-state index in [0.29, 0.717) is 19.5 Å². The Kier molecular flexibility index (Phi) is 24.7. The molecule has 1 fully saturated rings. The van der Waals surface area contributed by atoms with E-state index in [4.69, 9.17) is 15.2 Å². The molecule has 0 spiro atoms. The van der Waals surface area contributed by atoms with E-state index in [-0.39, 0.29) is 42.6 Å². The number of ether oxygens (including phenoxy) is 2. The molecule has 5 N–H and O–H groups in total. The lowest BCUT2D eigenvalue weighted by atomic mass is 9.90. The van der Waals surface area contributed by atoms with Gasteiger partial charge in [0.25, 0.3) is 0 Å². The van der Waals surface area contributed by atoms with Crippen LogP contribution in [0.1, 0.15) is 92.5 Å². The molecular formula is C40H70N6O7S. The quantitative estimate of drug-likeness (QED) is 0.146. The number of rotatable bonds is 19. The maximum atomic E-state index is 13.8. The van der Waals surface area contributed by atoms with Gasteiger partial charge in [0.15, 0.2) is 0 Å². The number of hydrogen-bond acceptors (Lipinski definition) is 10. The highest BCUT2D eigenvalue weighted by Gasteiger charge is 2.42. The zero-order valence-electron chi connectivity index (χ0n) is 34.7. The van der Waals surface area contributed by atoms with Crippen LogP contribution < -0.4 is 16.4 Å². The van der Waals surface area contributed by atoms with E-state index in [1.165, 1.54) is 43.6 Å². The lowest BCUT2D eigenvalue weighted by Crippen LogP contribution is -2.57. The SMILES string of the molecule is C=C/C=C(/C)C=C.CCC.CCC(C)C(C(CC(=O)N1CCCC1C(OC)C(C)C(=O)NCc1nccs1)OC)N(C)C(=O)CNC(=O)C(N)C(C)(C)O. The number of thiazole rings is 1. The maximum absolute atomic E-state index is 13.8. The molecule has 2 rings (SSSR count). The molecule has 0 saturated carbocycles. The molecule has 1 aliphatic heterocycles. The van der Waals surface area contributed by atoms with Gasteiger partial charge < -0.3 is 40.7 Å². The van der Waals surface area contributed by atoms with Gasteiger partial charge in [0, 0.05) is 39.4 Å². The second-order valence-electron chi connectivity index (χ2n) is 14.2. The Morgan fingerprint density at radius 2 is 1.78 bits per heavy atom. The first kappa shape index (κ1) is 50.6. The molecule has 1 aliphatic rings. The predicted molar refractivity (Wildman–Crippen MR) is 217 cm³/mol. The summed E-state index contributed by atoms with van der Waals surface area (Å²) in [4.78, 5) is 59.8. The fourth-order valence-corrected chi connectivity index (χ4v) is 6.52. The van der Waals surface area contributed by atoms with Crippen molar-refractivity contribution in [3.8, 4) is 0 Å². The molecule has 1 aromatic rings. The molecule has 1 aromatic heterocycles. The van der Waals surface area contributed by atoms with Crippen molar-refractivity contribution in [3.63, 3.8) is 0 Å². The van der Waals surface area contributed by atoms with Gasteiger partial charge in [-0.1, -0.05) is 84.4 Å². The third-order valence-electron chi connectivity index (χ3n) is 9.36. The molecule has 0 bridgehead atoms. The van der Waals surface area contributed by atoms with E-state index in [9.17, 15) is 24.3 Å². The molecule has 14 heteroatoms. The summed E-state index contributed by atoms with van der Waals surface area (Å²) >= 11 is 1.46. The van der Waals surface area contributed by atoms with Gasteiger partial charge in [-0.2, -0.15) is 0 Å². The Morgan fingerprint density at radius 3 is 2.24 bits per heavy atom. The first-order chi connectivity index (χ1) is 25.4. The van der Waals surface area contributed by atoms with Gasteiger partial charge in [-0.05, 0) is 39.5 Å². The second-order valence-corrected chi connectivity index (χ2v) is 15.2. The number of nitrogens with one attached hydrogen (secondary N) is 2. The van der Waals surface area contributed by atoms with E-state index in [1.54, 1.807) is 44.3 Å². The van der Waals surface area contributed by atoms with E-state index in [1.807, 2.05) is 32.2 Å². The van der Waals surface area contributed by atoms with E-state index < -0.39 is 41.7 Å². The average Bonchev–Trinajstić information content (AvgIpc) is 3.85. The van der Waals surface area contributed by atoms with Gasteiger partial charge >= 0.3 is 0 Å². The van der Waals surface area contributed by atoms with E-state index in [0.717, 1.165) is 23.4 Å². The second kappa shape index (κ2) is 26.4. The van der Waals surface area contributed by atoms with Gasteiger partial charge in [-0.3, -0.25) is 19.2 Å². The molecule has 0 radical (unpaired) electrons. The topological polar surface area (TPSA) is 176 Å². The van der Waals surface area contributed by atoms with Crippen LogP contribution in [-0.4, -0.2) is 114 Å². The Balaban J connectivity index is 0.00000247. The Bertz CT molecular complexity index is 1320. The minimum Gasteiger partial charge on any atom is -0.388 e. The highest BCUT2D eigenvalue weighted by atomic mass is 32.1. The van der Waals surface area contributed by atoms with Crippen molar-refractivity contribution in [3.05, 3.63) is 53.5 Å². The third-order valence-corrected chi connectivity index (χ3v) is 10.1. The molecule has 1 saturated heterocycles. The van der Waals surface area contributed by atoms with Gasteiger partial charge in [0.05, 0.1) is 55.3 Å².